The third-order valence-electron chi connectivity index (χ3n) is 2.51. The van der Waals surface area contributed by atoms with Crippen LogP contribution in [-0.4, -0.2) is 28.3 Å². The van der Waals surface area contributed by atoms with Crippen molar-refractivity contribution in [3.8, 4) is 0 Å². The van der Waals surface area contributed by atoms with Crippen molar-refractivity contribution in [2.75, 3.05) is 5.32 Å². The summed E-state index contributed by atoms with van der Waals surface area (Å²) in [5, 5.41) is 12.1. The summed E-state index contributed by atoms with van der Waals surface area (Å²) in [6, 6.07) is 1.28. The van der Waals surface area contributed by atoms with E-state index in [2.05, 4.69) is 10.3 Å². The largest absolute Gasteiger partial charge is 0.478 e. The highest BCUT2D eigenvalue weighted by Gasteiger charge is 2.30. The number of anilines is 1. The summed E-state index contributed by atoms with van der Waals surface area (Å²) >= 11 is 5.65. The van der Waals surface area contributed by atoms with E-state index in [1.165, 1.54) is 12.3 Å². The summed E-state index contributed by atoms with van der Waals surface area (Å²) < 4.78 is 12.6. The Hall–Kier alpha value is -1.36. The number of halogens is 2. The highest BCUT2D eigenvalue weighted by Crippen LogP contribution is 2.27. The molecule has 1 aliphatic carbocycles. The normalized spacial score (nSPS) is 23.6. The maximum Gasteiger partial charge on any atom is 0.339 e. The Labute approximate surface area is 96.4 Å². The molecule has 0 aliphatic heterocycles. The summed E-state index contributed by atoms with van der Waals surface area (Å²) in [5.41, 5.74) is 0.00908. The van der Waals surface area contributed by atoms with Gasteiger partial charge in [-0.3, -0.25) is 0 Å². The lowest BCUT2D eigenvalue weighted by Crippen LogP contribution is -2.37. The minimum absolute atomic E-state index is 0.00908. The Balaban J connectivity index is 2.16. The van der Waals surface area contributed by atoms with Gasteiger partial charge in [-0.15, -0.1) is 0 Å². The first kappa shape index (κ1) is 11.1. The molecular weight excluding hydrogens is 235 g/mol. The molecule has 2 N–H and O–H groups in total. The molecule has 4 nitrogen and oxygen atoms in total. The maximum absolute atomic E-state index is 12.6. The third kappa shape index (κ3) is 2.24. The van der Waals surface area contributed by atoms with E-state index in [0.29, 0.717) is 12.8 Å². The second-order valence-electron chi connectivity index (χ2n) is 3.76. The predicted octanol–water partition coefficient (Wildman–Crippen LogP) is 2.35. The molecule has 0 spiro atoms. The van der Waals surface area contributed by atoms with Gasteiger partial charge in [-0.1, -0.05) is 11.6 Å². The molecule has 1 aromatic heterocycles. The zero-order valence-electron chi connectivity index (χ0n) is 8.28. The molecule has 86 valence electrons. The van der Waals surface area contributed by atoms with Crippen molar-refractivity contribution >= 4 is 23.4 Å². The highest BCUT2D eigenvalue weighted by molar-refractivity contribution is 6.30. The molecule has 16 heavy (non-hydrogen) atoms. The van der Waals surface area contributed by atoms with Gasteiger partial charge in [0.1, 0.15) is 17.6 Å². The number of alkyl halides is 1. The molecule has 2 rings (SSSR count). The van der Waals surface area contributed by atoms with Crippen LogP contribution < -0.4 is 5.32 Å². The minimum atomic E-state index is -1.10. The van der Waals surface area contributed by atoms with Gasteiger partial charge in [0, 0.05) is 12.2 Å². The first-order chi connectivity index (χ1) is 7.56. The molecule has 0 bridgehead atoms. The summed E-state index contributed by atoms with van der Waals surface area (Å²) in [7, 11) is 0. The van der Waals surface area contributed by atoms with Crippen LogP contribution in [0.2, 0.25) is 5.02 Å². The molecule has 1 aromatic rings. The summed E-state index contributed by atoms with van der Waals surface area (Å²) in [5.74, 6) is -0.859. The number of hydrogen-bond donors (Lipinski definition) is 2. The molecule has 0 radical (unpaired) electrons. The van der Waals surface area contributed by atoms with Gasteiger partial charge in [-0.2, -0.15) is 0 Å². The minimum Gasteiger partial charge on any atom is -0.478 e. The fourth-order valence-electron chi connectivity index (χ4n) is 1.58. The summed E-state index contributed by atoms with van der Waals surface area (Å²) in [4.78, 5) is 14.8. The molecule has 0 unspecified atom stereocenters. The van der Waals surface area contributed by atoms with Gasteiger partial charge in [0.2, 0.25) is 0 Å². The lowest BCUT2D eigenvalue weighted by molar-refractivity contribution is 0.0697. The Morgan fingerprint density at radius 3 is 2.88 bits per heavy atom. The number of aromatic nitrogens is 1. The van der Waals surface area contributed by atoms with Crippen LogP contribution in [0.15, 0.2) is 12.3 Å². The van der Waals surface area contributed by atoms with E-state index in [1.807, 2.05) is 0 Å². The second-order valence-corrected chi connectivity index (χ2v) is 4.20. The first-order valence-electron chi connectivity index (χ1n) is 4.85. The standard InChI is InChI=1S/C10H10ClFN2O2/c11-5-1-8(10(15)16)9(13-4-5)14-7-2-6(12)3-7/h1,4,6-7H,2-3H2,(H,13,14)(H,15,16). The third-order valence-corrected chi connectivity index (χ3v) is 2.71. The van der Waals surface area contributed by atoms with Crippen molar-refractivity contribution < 1.29 is 14.3 Å². The van der Waals surface area contributed by atoms with Crippen molar-refractivity contribution in [1.29, 1.82) is 0 Å². The van der Waals surface area contributed by atoms with E-state index >= 15 is 0 Å². The van der Waals surface area contributed by atoms with E-state index in [-0.39, 0.29) is 22.4 Å². The van der Waals surface area contributed by atoms with E-state index in [9.17, 15) is 9.18 Å². The summed E-state index contributed by atoms with van der Waals surface area (Å²) in [6.45, 7) is 0. The molecule has 0 amide bonds. The second kappa shape index (κ2) is 4.25. The predicted molar refractivity (Wildman–Crippen MR) is 57.7 cm³/mol. The van der Waals surface area contributed by atoms with Gasteiger partial charge in [-0.05, 0) is 18.9 Å². The van der Waals surface area contributed by atoms with Crippen molar-refractivity contribution in [3.05, 3.63) is 22.8 Å². The number of pyridine rings is 1. The zero-order chi connectivity index (χ0) is 11.7. The van der Waals surface area contributed by atoms with Crippen LogP contribution >= 0.6 is 11.6 Å². The molecule has 0 aromatic carbocycles. The van der Waals surface area contributed by atoms with E-state index in [4.69, 9.17) is 16.7 Å². The molecule has 1 aliphatic rings. The molecule has 6 heteroatoms. The number of carbonyl (C=O) groups is 1. The average molecular weight is 245 g/mol. The van der Waals surface area contributed by atoms with Crippen LogP contribution in [0.3, 0.4) is 0 Å². The van der Waals surface area contributed by atoms with Gasteiger partial charge in [0.25, 0.3) is 0 Å². The molecule has 1 fully saturated rings. The topological polar surface area (TPSA) is 62.2 Å². The highest BCUT2D eigenvalue weighted by atomic mass is 35.5. The van der Waals surface area contributed by atoms with Crippen LogP contribution in [0.4, 0.5) is 10.2 Å². The average Bonchev–Trinajstić information content (AvgIpc) is 2.17. The van der Waals surface area contributed by atoms with Gasteiger partial charge in [-0.25, -0.2) is 14.2 Å². The quantitative estimate of drug-likeness (QED) is 0.857. The Morgan fingerprint density at radius 2 is 2.31 bits per heavy atom. The number of nitrogens with one attached hydrogen (secondary N) is 1. The van der Waals surface area contributed by atoms with Gasteiger partial charge < -0.3 is 10.4 Å². The molecule has 1 heterocycles. The molecule has 1 saturated carbocycles. The number of aromatic carboxylic acids is 1. The van der Waals surface area contributed by atoms with E-state index < -0.39 is 12.1 Å². The number of carboxylic acid groups (broad SMARTS) is 1. The van der Waals surface area contributed by atoms with Crippen LogP contribution in [0.5, 0.6) is 0 Å². The van der Waals surface area contributed by atoms with E-state index in [1.54, 1.807) is 0 Å². The maximum atomic E-state index is 12.6. The monoisotopic (exact) mass is 244 g/mol. The fourth-order valence-corrected chi connectivity index (χ4v) is 1.73. The van der Waals surface area contributed by atoms with Gasteiger partial charge >= 0.3 is 5.97 Å². The van der Waals surface area contributed by atoms with E-state index in [0.717, 1.165) is 0 Å². The number of hydrogen-bond acceptors (Lipinski definition) is 3. The number of carboxylic acids is 1. The van der Waals surface area contributed by atoms with Crippen molar-refractivity contribution in [3.63, 3.8) is 0 Å². The van der Waals surface area contributed by atoms with Crippen molar-refractivity contribution in [2.24, 2.45) is 0 Å². The van der Waals surface area contributed by atoms with Crippen molar-refractivity contribution in [2.45, 2.75) is 25.1 Å². The van der Waals surface area contributed by atoms with Crippen molar-refractivity contribution in [1.82, 2.24) is 4.98 Å². The van der Waals surface area contributed by atoms with Crippen LogP contribution in [0.25, 0.3) is 0 Å². The molecule has 0 saturated heterocycles. The van der Waals surface area contributed by atoms with Crippen LogP contribution in [0.1, 0.15) is 23.2 Å². The Bertz CT molecular complexity index is 421. The smallest absolute Gasteiger partial charge is 0.339 e. The zero-order valence-corrected chi connectivity index (χ0v) is 9.04. The Kier molecular flexibility index (Phi) is 2.96. The SMILES string of the molecule is O=C(O)c1cc(Cl)cnc1NC1CC(F)C1. The fraction of sp³-hybridized carbons (Fsp3) is 0.400. The van der Waals surface area contributed by atoms with Gasteiger partial charge in [0.05, 0.1) is 5.02 Å². The van der Waals surface area contributed by atoms with Crippen LogP contribution in [-0.2, 0) is 0 Å². The number of nitrogens with zero attached hydrogens (tertiary/aromatic N) is 1. The molecule has 0 atom stereocenters. The lowest BCUT2D eigenvalue weighted by Gasteiger charge is -2.31. The Morgan fingerprint density at radius 1 is 1.62 bits per heavy atom. The first-order valence-corrected chi connectivity index (χ1v) is 5.23. The molecular formula is C10H10ClFN2O2. The summed E-state index contributed by atoms with van der Waals surface area (Å²) in [6.07, 6.45) is 1.35. The lowest BCUT2D eigenvalue weighted by atomic mass is 9.91. The number of rotatable bonds is 3. The van der Waals surface area contributed by atoms with Crippen LogP contribution in [0, 0.1) is 0 Å². The van der Waals surface area contributed by atoms with Gasteiger partial charge in [0.15, 0.2) is 0 Å².